The van der Waals surface area contributed by atoms with Crippen molar-refractivity contribution in [2.45, 2.75) is 129 Å². The number of carbonyl (C=O) groups is 5. The third kappa shape index (κ3) is 9.35. The second-order valence-electron chi connectivity index (χ2n) is 16.1. The number of carbonyl (C=O) groups excluding carboxylic acids is 5. The molecule has 0 aromatic rings. The average Bonchev–Trinajstić information content (AvgIpc) is 3.27. The van der Waals surface area contributed by atoms with Crippen LogP contribution in [0.5, 0.6) is 0 Å². The largest absolute Gasteiger partial charge is 0.348 e. The van der Waals surface area contributed by atoms with E-state index in [9.17, 15) is 32.4 Å². The summed E-state index contributed by atoms with van der Waals surface area (Å²) in [6.07, 6.45) is 6.59. The van der Waals surface area contributed by atoms with E-state index in [2.05, 4.69) is 41.7 Å². The maximum absolute atomic E-state index is 14.3. The van der Waals surface area contributed by atoms with E-state index in [4.69, 9.17) is 0 Å². The summed E-state index contributed by atoms with van der Waals surface area (Å²) >= 11 is 0. The summed E-state index contributed by atoms with van der Waals surface area (Å²) in [4.78, 5) is 69.1. The third-order valence-corrected chi connectivity index (χ3v) is 12.6. The van der Waals surface area contributed by atoms with Gasteiger partial charge in [-0.2, -0.15) is 0 Å². The Morgan fingerprint density at radius 2 is 1.60 bits per heavy atom. The van der Waals surface area contributed by atoms with Gasteiger partial charge < -0.3 is 26.2 Å². The van der Waals surface area contributed by atoms with E-state index in [0.29, 0.717) is 13.0 Å². The van der Waals surface area contributed by atoms with Crippen molar-refractivity contribution in [1.29, 1.82) is 0 Å². The molecule has 3 fully saturated rings. The van der Waals surface area contributed by atoms with Crippen molar-refractivity contribution in [3.8, 4) is 0 Å². The minimum absolute atomic E-state index is 0.0664. The number of amides is 5. The molecule has 3 aliphatic rings. The van der Waals surface area contributed by atoms with Crippen molar-refractivity contribution in [1.82, 2.24) is 26.2 Å². The van der Waals surface area contributed by atoms with Gasteiger partial charge in [0.1, 0.15) is 12.1 Å². The molecule has 5 amide bonds. The lowest BCUT2D eigenvalue weighted by Crippen LogP contribution is -2.61. The van der Waals surface area contributed by atoms with Crippen molar-refractivity contribution in [3.05, 3.63) is 12.7 Å². The number of likely N-dealkylation sites (tertiary alicyclic amines) is 1. The van der Waals surface area contributed by atoms with Crippen LogP contribution in [-0.4, -0.2) is 90.1 Å². The molecule has 2 unspecified atom stereocenters. The predicted molar refractivity (Wildman–Crippen MR) is 181 cm³/mol. The second kappa shape index (κ2) is 14.7. The van der Waals surface area contributed by atoms with Crippen LogP contribution in [0.15, 0.2) is 12.7 Å². The summed E-state index contributed by atoms with van der Waals surface area (Å²) in [5.74, 6) is -3.18. The van der Waals surface area contributed by atoms with E-state index >= 15 is 0 Å². The molecule has 0 bridgehead atoms. The minimum atomic E-state index is -3.52. The quantitative estimate of drug-likeness (QED) is 0.171. The van der Waals surface area contributed by atoms with Gasteiger partial charge in [0.05, 0.1) is 16.5 Å². The van der Waals surface area contributed by atoms with E-state index in [1.807, 2.05) is 20.8 Å². The van der Waals surface area contributed by atoms with Crippen LogP contribution < -0.4 is 21.3 Å². The smallest absolute Gasteiger partial charge is 0.315 e. The minimum Gasteiger partial charge on any atom is -0.348 e. The van der Waals surface area contributed by atoms with Crippen LogP contribution in [0.25, 0.3) is 0 Å². The monoisotopic (exact) mass is 679 g/mol. The Bertz CT molecular complexity index is 1320. The maximum Gasteiger partial charge on any atom is 0.315 e. The molecule has 5 atom stereocenters. The molecule has 0 aromatic heterocycles. The Hall–Kier alpha value is -2.96. The highest BCUT2D eigenvalue weighted by Crippen LogP contribution is 2.65. The second-order valence-corrected chi connectivity index (χ2v) is 19.0. The van der Waals surface area contributed by atoms with Gasteiger partial charge in [0.2, 0.25) is 17.6 Å². The van der Waals surface area contributed by atoms with Gasteiger partial charge in [-0.25, -0.2) is 13.2 Å². The molecule has 266 valence electrons. The van der Waals surface area contributed by atoms with Gasteiger partial charge in [-0.1, -0.05) is 39.2 Å². The number of piperidine rings is 1. The van der Waals surface area contributed by atoms with Crippen molar-refractivity contribution < 1.29 is 32.4 Å². The number of ketones is 1. The SMILES string of the molecule is C=CCCC(NC(=O)[C@@H]1C2[C@H](CN1C(=O)[C@@H](NC(=O)NC(C)(C)C)C1CCCCC1)C2(C)C)C(=O)C(=O)NCCS(=O)(=O)C(C)(C)C. The Kier molecular flexibility index (Phi) is 12.0. The van der Waals surface area contributed by atoms with Gasteiger partial charge in [-0.3, -0.25) is 19.2 Å². The van der Waals surface area contributed by atoms with E-state index < -0.39 is 61.9 Å². The molecule has 1 heterocycles. The summed E-state index contributed by atoms with van der Waals surface area (Å²) in [6, 6.07) is -3.31. The first-order valence-electron chi connectivity index (χ1n) is 17.0. The summed E-state index contributed by atoms with van der Waals surface area (Å²) in [7, 11) is -3.52. The van der Waals surface area contributed by atoms with Gasteiger partial charge in [0.25, 0.3) is 5.91 Å². The summed E-state index contributed by atoms with van der Waals surface area (Å²) in [6.45, 7) is 18.2. The van der Waals surface area contributed by atoms with Crippen LogP contribution in [0.3, 0.4) is 0 Å². The van der Waals surface area contributed by atoms with E-state index in [1.165, 1.54) is 0 Å². The molecule has 3 rings (SSSR count). The molecule has 47 heavy (non-hydrogen) atoms. The van der Waals surface area contributed by atoms with Crippen LogP contribution in [-0.2, 0) is 29.0 Å². The zero-order chi connectivity index (χ0) is 35.5. The van der Waals surface area contributed by atoms with Gasteiger partial charge >= 0.3 is 6.03 Å². The fourth-order valence-electron chi connectivity index (χ4n) is 7.02. The molecular weight excluding hydrogens is 622 g/mol. The van der Waals surface area contributed by atoms with Crippen molar-refractivity contribution in [2.75, 3.05) is 18.8 Å². The Labute approximate surface area is 280 Å². The van der Waals surface area contributed by atoms with Crippen LogP contribution >= 0.6 is 0 Å². The van der Waals surface area contributed by atoms with Gasteiger partial charge in [-0.05, 0) is 90.4 Å². The van der Waals surface area contributed by atoms with E-state index in [-0.39, 0.29) is 47.8 Å². The molecule has 1 saturated heterocycles. The highest BCUT2D eigenvalue weighted by molar-refractivity contribution is 7.92. The number of sulfone groups is 1. The number of nitrogens with one attached hydrogen (secondary N) is 4. The fraction of sp³-hybridized carbons (Fsp3) is 0.794. The number of urea groups is 1. The van der Waals surface area contributed by atoms with Gasteiger partial charge in [0, 0.05) is 18.6 Å². The maximum atomic E-state index is 14.3. The van der Waals surface area contributed by atoms with E-state index in [0.717, 1.165) is 32.1 Å². The highest BCUT2D eigenvalue weighted by atomic mass is 32.2. The first-order chi connectivity index (χ1) is 21.6. The zero-order valence-corrected chi connectivity index (χ0v) is 30.3. The highest BCUT2D eigenvalue weighted by Gasteiger charge is 2.69. The average molecular weight is 680 g/mol. The number of nitrogens with zero attached hydrogens (tertiary/aromatic N) is 1. The summed E-state index contributed by atoms with van der Waals surface area (Å²) in [5, 5.41) is 11.0. The third-order valence-electron chi connectivity index (χ3n) is 10.0. The lowest BCUT2D eigenvalue weighted by atomic mass is 9.83. The Morgan fingerprint density at radius 3 is 2.15 bits per heavy atom. The van der Waals surface area contributed by atoms with Crippen LogP contribution in [0.1, 0.15) is 100 Å². The first-order valence-corrected chi connectivity index (χ1v) is 18.6. The fourth-order valence-corrected chi connectivity index (χ4v) is 8.00. The topological polar surface area (TPSA) is 171 Å². The van der Waals surface area contributed by atoms with E-state index in [1.54, 1.807) is 31.7 Å². The van der Waals surface area contributed by atoms with Crippen molar-refractivity contribution in [3.63, 3.8) is 0 Å². The normalized spacial score (nSPS) is 23.9. The molecule has 0 aromatic carbocycles. The summed E-state index contributed by atoms with van der Waals surface area (Å²) in [5.41, 5.74) is -0.710. The molecule has 2 aliphatic carbocycles. The molecule has 12 nitrogen and oxygen atoms in total. The number of allylic oxidation sites excluding steroid dienone is 1. The lowest BCUT2D eigenvalue weighted by molar-refractivity contribution is -0.144. The number of rotatable bonds is 13. The number of hydrogen-bond acceptors (Lipinski definition) is 7. The molecule has 13 heteroatoms. The molecular formula is C34H57N5O7S. The Morgan fingerprint density at radius 1 is 0.979 bits per heavy atom. The molecule has 0 radical (unpaired) electrons. The van der Waals surface area contributed by atoms with Crippen LogP contribution in [0.4, 0.5) is 4.79 Å². The number of hydrogen-bond donors (Lipinski definition) is 4. The molecule has 4 N–H and O–H groups in total. The van der Waals surface area contributed by atoms with Crippen molar-refractivity contribution in [2.24, 2.45) is 23.2 Å². The zero-order valence-electron chi connectivity index (χ0n) is 29.5. The lowest BCUT2D eigenvalue weighted by Gasteiger charge is -2.37. The number of Topliss-reactive ketones (excluding diaryl/α,β-unsaturated/α-hetero) is 1. The standard InChI is InChI=1S/C34H57N5O7S/c1-10-11-17-23(27(40)29(42)35-18-19-47(45,46)33(5,6)7)36-28(41)26-24-22(34(24,8)9)20-39(26)30(43)25(21-15-13-12-14-16-21)37-31(44)38-32(2,3)4/h10,21-26H,1,11-20H2,2-9H3,(H,35,42)(H,36,41)(H2,37,38,44)/t22-,23?,24?,25-,26-/m0/s1. The van der Waals surface area contributed by atoms with Crippen LogP contribution in [0, 0.1) is 23.2 Å². The molecule has 0 spiro atoms. The molecule has 2 saturated carbocycles. The van der Waals surface area contributed by atoms with Gasteiger partial charge in [0.15, 0.2) is 9.84 Å². The Balaban J connectivity index is 1.80. The molecule has 1 aliphatic heterocycles. The predicted octanol–water partition coefficient (Wildman–Crippen LogP) is 2.87. The van der Waals surface area contributed by atoms with Gasteiger partial charge in [-0.15, -0.1) is 6.58 Å². The van der Waals surface area contributed by atoms with Crippen LogP contribution in [0.2, 0.25) is 0 Å². The number of fused-ring (bicyclic) bond motifs is 1. The first kappa shape index (κ1) is 38.5. The van der Waals surface area contributed by atoms with Crippen molar-refractivity contribution >= 4 is 39.4 Å². The summed E-state index contributed by atoms with van der Waals surface area (Å²) < 4.78 is 23.9.